The third kappa shape index (κ3) is 4.67. The van der Waals surface area contributed by atoms with E-state index < -0.39 is 11.9 Å². The number of anilines is 2. The number of carbonyl (C=O) groups excluding carboxylic acids is 2. The second-order valence-corrected chi connectivity index (χ2v) is 9.47. The second-order valence-electron chi connectivity index (χ2n) is 9.47. The Morgan fingerprint density at radius 2 is 1.92 bits per heavy atom. The van der Waals surface area contributed by atoms with E-state index in [0.717, 1.165) is 24.9 Å². The highest BCUT2D eigenvalue weighted by Crippen LogP contribution is 2.28. The van der Waals surface area contributed by atoms with Gasteiger partial charge in [-0.15, -0.1) is 0 Å². The van der Waals surface area contributed by atoms with Crippen LogP contribution in [-0.2, 0) is 11.8 Å². The molecule has 0 bridgehead atoms. The van der Waals surface area contributed by atoms with Crippen molar-refractivity contribution in [1.82, 2.24) is 34.3 Å². The molecule has 5 heterocycles. The highest BCUT2D eigenvalue weighted by Gasteiger charge is 2.32. The highest BCUT2D eigenvalue weighted by atomic mass is 19.1. The van der Waals surface area contributed by atoms with Crippen molar-refractivity contribution >= 4 is 28.7 Å². The molecular weight excluding hydrogens is 465 g/mol. The first-order valence-corrected chi connectivity index (χ1v) is 11.5. The third-order valence-electron chi connectivity index (χ3n) is 6.43. The zero-order valence-electron chi connectivity index (χ0n) is 20.2. The molecule has 4 aromatic rings. The lowest BCUT2D eigenvalue weighted by Crippen LogP contribution is -2.42. The number of nitrogens with one attached hydrogen (secondary N) is 2. The smallest absolute Gasteiger partial charge is 0.259 e. The van der Waals surface area contributed by atoms with Crippen molar-refractivity contribution in [2.24, 2.45) is 7.05 Å². The van der Waals surface area contributed by atoms with Gasteiger partial charge in [0.2, 0.25) is 11.9 Å². The summed E-state index contributed by atoms with van der Waals surface area (Å²) in [5.74, 6) is -1.67. The van der Waals surface area contributed by atoms with Gasteiger partial charge in [0.1, 0.15) is 0 Å². The van der Waals surface area contributed by atoms with Crippen molar-refractivity contribution in [1.29, 1.82) is 0 Å². The van der Waals surface area contributed by atoms with Crippen molar-refractivity contribution in [2.45, 2.75) is 32.2 Å². The molecule has 186 valence electrons. The third-order valence-corrected chi connectivity index (χ3v) is 6.43. The first-order chi connectivity index (χ1) is 17.2. The van der Waals surface area contributed by atoms with Gasteiger partial charge in [0.15, 0.2) is 0 Å². The predicted molar refractivity (Wildman–Crippen MR) is 131 cm³/mol. The molecule has 2 N–H and O–H groups in total. The summed E-state index contributed by atoms with van der Waals surface area (Å²) >= 11 is 0. The number of aryl methyl sites for hydroxylation is 1. The van der Waals surface area contributed by atoms with E-state index in [1.54, 1.807) is 24.1 Å². The van der Waals surface area contributed by atoms with Crippen LogP contribution in [0.5, 0.6) is 0 Å². The molecule has 5 rings (SSSR count). The average Bonchev–Trinajstić information content (AvgIpc) is 3.54. The molecule has 0 spiro atoms. The molecule has 0 radical (unpaired) electrons. The second kappa shape index (κ2) is 9.11. The van der Waals surface area contributed by atoms with Crippen molar-refractivity contribution in [3.05, 3.63) is 54.8 Å². The first kappa shape index (κ1) is 23.5. The number of fused-ring (bicyclic) bond motifs is 1. The summed E-state index contributed by atoms with van der Waals surface area (Å²) in [6, 6.07) is 1.34. The number of hydrogen-bond acceptors (Lipinski definition) is 7. The molecule has 11 nitrogen and oxygen atoms in total. The molecule has 1 aliphatic rings. The van der Waals surface area contributed by atoms with Crippen molar-refractivity contribution in [3.63, 3.8) is 0 Å². The van der Waals surface area contributed by atoms with E-state index in [4.69, 9.17) is 0 Å². The summed E-state index contributed by atoms with van der Waals surface area (Å²) < 4.78 is 17.6. The van der Waals surface area contributed by atoms with Crippen LogP contribution in [0.1, 0.15) is 37.0 Å². The lowest BCUT2D eigenvalue weighted by molar-refractivity contribution is -0.118. The van der Waals surface area contributed by atoms with Gasteiger partial charge in [-0.2, -0.15) is 14.6 Å². The number of likely N-dealkylation sites (tertiary alicyclic amines) is 1. The Hall–Kier alpha value is -4.19. The van der Waals surface area contributed by atoms with E-state index >= 15 is 0 Å². The number of nitrogens with zero attached hydrogens (tertiary/aromatic N) is 7. The van der Waals surface area contributed by atoms with Crippen LogP contribution in [0.25, 0.3) is 16.8 Å². The van der Waals surface area contributed by atoms with Crippen molar-refractivity contribution in [2.75, 3.05) is 23.7 Å². The summed E-state index contributed by atoms with van der Waals surface area (Å²) in [6.45, 7) is 5.29. The van der Waals surface area contributed by atoms with E-state index in [1.165, 1.54) is 29.2 Å². The lowest BCUT2D eigenvalue weighted by Gasteiger charge is -2.30. The molecule has 1 saturated heterocycles. The monoisotopic (exact) mass is 491 g/mol. The number of halogens is 1. The Balaban J connectivity index is 1.30. The standard InChI is InChI=1S/C24H26FN9O2/c1-24(2)5-4-6-33(24)14-21(35)30-16-7-18(22(25)27-9-16)31-23(36)17-10-29-34-13-19(26-11-20(17)34)15-8-28-32(3)12-15/h7-13H,4-6,14H2,1-3H3,(H,30,35)(H,31,36). The van der Waals surface area contributed by atoms with Gasteiger partial charge >= 0.3 is 0 Å². The Bertz CT molecular complexity index is 1460. The van der Waals surface area contributed by atoms with Gasteiger partial charge in [-0.25, -0.2) is 9.50 Å². The molecule has 0 unspecified atom stereocenters. The number of carbonyl (C=O) groups is 2. The summed E-state index contributed by atoms with van der Waals surface area (Å²) in [5.41, 5.74) is 2.20. The molecule has 12 heteroatoms. The van der Waals surface area contributed by atoms with Gasteiger partial charge in [0.05, 0.1) is 65.7 Å². The van der Waals surface area contributed by atoms with Crippen LogP contribution in [0.2, 0.25) is 0 Å². The topological polar surface area (TPSA) is 122 Å². The predicted octanol–water partition coefficient (Wildman–Crippen LogP) is 2.73. The molecule has 36 heavy (non-hydrogen) atoms. The molecule has 0 aromatic carbocycles. The van der Waals surface area contributed by atoms with Crippen LogP contribution in [0.3, 0.4) is 0 Å². The molecule has 0 aliphatic carbocycles. The summed E-state index contributed by atoms with van der Waals surface area (Å²) in [5, 5.41) is 13.6. The molecule has 1 fully saturated rings. The van der Waals surface area contributed by atoms with Crippen LogP contribution < -0.4 is 10.6 Å². The van der Waals surface area contributed by atoms with E-state index in [-0.39, 0.29) is 34.9 Å². The van der Waals surface area contributed by atoms with Crippen molar-refractivity contribution < 1.29 is 14.0 Å². The maximum absolute atomic E-state index is 14.4. The Kier molecular flexibility index (Phi) is 5.96. The number of hydrogen-bond donors (Lipinski definition) is 2. The Morgan fingerprint density at radius 1 is 1.08 bits per heavy atom. The van der Waals surface area contributed by atoms with Gasteiger partial charge in [-0.05, 0) is 39.3 Å². The fourth-order valence-corrected chi connectivity index (χ4v) is 4.38. The largest absolute Gasteiger partial charge is 0.324 e. The fraction of sp³-hybridized carbons (Fsp3) is 0.333. The lowest BCUT2D eigenvalue weighted by atomic mass is 10.0. The first-order valence-electron chi connectivity index (χ1n) is 11.5. The molecule has 0 saturated carbocycles. The quantitative estimate of drug-likeness (QED) is 0.398. The Morgan fingerprint density at radius 3 is 2.64 bits per heavy atom. The highest BCUT2D eigenvalue weighted by molar-refractivity contribution is 6.09. The van der Waals surface area contributed by atoms with E-state index in [0.29, 0.717) is 11.2 Å². The van der Waals surface area contributed by atoms with E-state index in [9.17, 15) is 14.0 Å². The van der Waals surface area contributed by atoms with Crippen molar-refractivity contribution in [3.8, 4) is 11.3 Å². The fourth-order valence-electron chi connectivity index (χ4n) is 4.38. The molecule has 0 atom stereocenters. The van der Waals surface area contributed by atoms with Crippen LogP contribution in [0.4, 0.5) is 15.8 Å². The van der Waals surface area contributed by atoms with Gasteiger partial charge in [-0.3, -0.25) is 24.2 Å². The van der Waals surface area contributed by atoms with Crippen LogP contribution in [-0.4, -0.2) is 64.7 Å². The van der Waals surface area contributed by atoms with Gasteiger partial charge in [-0.1, -0.05) is 0 Å². The summed E-state index contributed by atoms with van der Waals surface area (Å²) in [7, 11) is 1.81. The molecular formula is C24H26FN9O2. The molecule has 4 aromatic heterocycles. The number of amides is 2. The minimum Gasteiger partial charge on any atom is -0.324 e. The number of rotatable bonds is 6. The normalized spacial score (nSPS) is 15.3. The maximum Gasteiger partial charge on any atom is 0.259 e. The number of pyridine rings is 1. The maximum atomic E-state index is 14.4. The van der Waals surface area contributed by atoms with Gasteiger partial charge in [0, 0.05) is 24.3 Å². The number of aromatic nitrogens is 6. The minimum absolute atomic E-state index is 0.0422. The van der Waals surface area contributed by atoms with Gasteiger partial charge < -0.3 is 10.6 Å². The van der Waals surface area contributed by atoms with Crippen LogP contribution >= 0.6 is 0 Å². The van der Waals surface area contributed by atoms with Crippen LogP contribution in [0, 0.1) is 5.95 Å². The van der Waals surface area contributed by atoms with E-state index in [1.807, 2.05) is 6.20 Å². The zero-order valence-corrected chi connectivity index (χ0v) is 20.2. The van der Waals surface area contributed by atoms with E-state index in [2.05, 4.69) is 49.5 Å². The average molecular weight is 492 g/mol. The SMILES string of the molecule is Cn1cc(-c2cn3ncc(C(=O)Nc4cc(NC(=O)CN5CCCC5(C)C)cnc4F)c3cn2)cn1. The zero-order chi connectivity index (χ0) is 25.4. The Labute approximate surface area is 206 Å². The summed E-state index contributed by atoms with van der Waals surface area (Å²) in [6.07, 6.45) is 11.4. The van der Waals surface area contributed by atoms with Gasteiger partial charge in [0.25, 0.3) is 5.91 Å². The summed E-state index contributed by atoms with van der Waals surface area (Å²) in [4.78, 5) is 35.7. The molecule has 1 aliphatic heterocycles. The minimum atomic E-state index is -0.865. The van der Waals surface area contributed by atoms with Crippen LogP contribution in [0.15, 0.2) is 43.2 Å². The molecule has 2 amide bonds.